The van der Waals surface area contributed by atoms with Crippen LogP contribution in [-0.2, 0) is 30.2 Å². The number of esters is 3. The molecule has 0 bridgehead atoms. The van der Waals surface area contributed by atoms with E-state index in [1.807, 2.05) is 6.92 Å². The number of carbonyl (C=O) groups excluding carboxylic acids is 6. The zero-order valence-electron chi connectivity index (χ0n) is 33.5. The van der Waals surface area contributed by atoms with Crippen LogP contribution in [0.5, 0.6) is 0 Å². The maximum Gasteiger partial charge on any atom is 0.415 e. The summed E-state index contributed by atoms with van der Waals surface area (Å²) in [5, 5.41) is 13.5. The summed E-state index contributed by atoms with van der Waals surface area (Å²) in [6, 6.07) is 20.9. The number of benzene rings is 3. The lowest BCUT2D eigenvalue weighted by atomic mass is 9.89. The van der Waals surface area contributed by atoms with Crippen LogP contribution >= 0.6 is 0 Å². The lowest BCUT2D eigenvalue weighted by Gasteiger charge is -2.18. The number of amidine groups is 1. The summed E-state index contributed by atoms with van der Waals surface area (Å²) in [6.07, 6.45) is 0.0256. The number of alkyl carbamates (subject to hydrolysis) is 1. The number of Topliss-reactive ketones (excluding diaryl/α,β-unsaturated/α-hetero) is 1. The Morgan fingerprint density at radius 3 is 2.12 bits per heavy atom. The Morgan fingerprint density at radius 1 is 0.814 bits per heavy atom. The molecule has 2 atom stereocenters. The molecule has 14 nitrogen and oxygen atoms in total. The Labute approximate surface area is 341 Å². The molecule has 306 valence electrons. The van der Waals surface area contributed by atoms with Gasteiger partial charge in [-0.15, -0.1) is 0 Å². The van der Waals surface area contributed by atoms with Crippen LogP contribution in [0.1, 0.15) is 104 Å². The first-order valence-electron chi connectivity index (χ1n) is 19.1. The Hall–Kier alpha value is -6.96. The van der Waals surface area contributed by atoms with Crippen LogP contribution in [-0.4, -0.2) is 65.6 Å². The Kier molecular flexibility index (Phi) is 14.2. The van der Waals surface area contributed by atoms with E-state index in [2.05, 4.69) is 22.2 Å². The third kappa shape index (κ3) is 11.8. The predicted molar refractivity (Wildman–Crippen MR) is 218 cm³/mol. The number of nitrogens with zero attached hydrogens (tertiary/aromatic N) is 1. The molecular weight excluding hydrogens is 757 g/mol. The number of aryl methyl sites for hydroxylation is 1. The summed E-state index contributed by atoms with van der Waals surface area (Å²) in [5.74, 6) is -3.41. The quantitative estimate of drug-likeness (QED) is 0.0340. The number of pyridine rings is 1. The van der Waals surface area contributed by atoms with Crippen LogP contribution in [0, 0.1) is 24.2 Å². The number of ketones is 1. The second-order valence-corrected chi connectivity index (χ2v) is 14.3. The first-order valence-corrected chi connectivity index (χ1v) is 19.1. The van der Waals surface area contributed by atoms with Gasteiger partial charge < -0.3 is 24.3 Å². The average molecular weight is 803 g/mol. The van der Waals surface area contributed by atoms with Gasteiger partial charge in [0.2, 0.25) is 12.6 Å². The summed E-state index contributed by atoms with van der Waals surface area (Å²) >= 11 is 0. The fourth-order valence-electron chi connectivity index (χ4n) is 5.78. The molecule has 3 N–H and O–H groups in total. The van der Waals surface area contributed by atoms with E-state index in [4.69, 9.17) is 24.4 Å². The average Bonchev–Trinajstić information content (AvgIpc) is 4.04. The van der Waals surface area contributed by atoms with Crippen molar-refractivity contribution in [1.29, 1.82) is 5.41 Å². The first-order chi connectivity index (χ1) is 28.1. The SMILES string of the molecule is C=Cc1cc(C(=O)Cc2ccc(C(=N)NC(=O)OC(C)OC(=O)c3ccccc3)cc2)c(-c2ccc(C(=O)NCC3CC3)nc2C(=O)OC(C)OC(=O)C(C)C)cc1C. The molecule has 2 amide bonds. The molecule has 1 aliphatic carbocycles. The number of nitrogens with one attached hydrogen (secondary N) is 3. The Morgan fingerprint density at radius 2 is 1.47 bits per heavy atom. The van der Waals surface area contributed by atoms with Crippen molar-refractivity contribution in [2.45, 2.75) is 66.5 Å². The van der Waals surface area contributed by atoms with E-state index in [-0.39, 0.29) is 46.1 Å². The number of aromatic nitrogens is 1. The molecule has 0 radical (unpaired) electrons. The van der Waals surface area contributed by atoms with E-state index in [1.165, 1.54) is 26.0 Å². The number of hydrogen-bond donors (Lipinski definition) is 3. The highest BCUT2D eigenvalue weighted by molar-refractivity contribution is 6.08. The maximum absolute atomic E-state index is 14.2. The third-order valence-electron chi connectivity index (χ3n) is 9.20. The summed E-state index contributed by atoms with van der Waals surface area (Å²) in [5.41, 5.74) is 3.08. The fraction of sp³-hybridized carbons (Fsp3) is 0.289. The fourth-order valence-corrected chi connectivity index (χ4v) is 5.78. The van der Waals surface area contributed by atoms with Crippen molar-refractivity contribution >= 4 is 47.6 Å². The van der Waals surface area contributed by atoms with Gasteiger partial charge in [-0.05, 0) is 78.3 Å². The summed E-state index contributed by atoms with van der Waals surface area (Å²) in [6.45, 7) is 12.2. The van der Waals surface area contributed by atoms with Gasteiger partial charge in [-0.1, -0.05) is 75.0 Å². The van der Waals surface area contributed by atoms with Crippen molar-refractivity contribution in [2.24, 2.45) is 11.8 Å². The summed E-state index contributed by atoms with van der Waals surface area (Å²) < 4.78 is 21.0. The molecule has 1 aliphatic rings. The van der Waals surface area contributed by atoms with Crippen LogP contribution in [0.25, 0.3) is 17.2 Å². The number of ether oxygens (including phenoxy) is 4. The van der Waals surface area contributed by atoms with Gasteiger partial charge in [-0.25, -0.2) is 19.4 Å². The maximum atomic E-state index is 14.2. The Bertz CT molecular complexity index is 2270. The largest absolute Gasteiger partial charge is 0.425 e. The molecule has 14 heteroatoms. The molecule has 1 aromatic heterocycles. The second kappa shape index (κ2) is 19.5. The molecular formula is C45H46N4O10. The molecule has 2 unspecified atom stereocenters. The summed E-state index contributed by atoms with van der Waals surface area (Å²) in [7, 11) is 0. The molecule has 1 saturated carbocycles. The normalized spacial score (nSPS) is 13.0. The minimum Gasteiger partial charge on any atom is -0.425 e. The predicted octanol–water partition coefficient (Wildman–Crippen LogP) is 7.22. The zero-order valence-corrected chi connectivity index (χ0v) is 33.5. The highest BCUT2D eigenvalue weighted by Gasteiger charge is 2.28. The van der Waals surface area contributed by atoms with E-state index in [0.717, 1.165) is 18.4 Å². The van der Waals surface area contributed by atoms with Gasteiger partial charge in [-0.3, -0.25) is 25.1 Å². The highest BCUT2D eigenvalue weighted by Crippen LogP contribution is 2.32. The van der Waals surface area contributed by atoms with Gasteiger partial charge in [-0.2, -0.15) is 0 Å². The Balaban J connectivity index is 1.35. The van der Waals surface area contributed by atoms with Crippen molar-refractivity contribution in [3.8, 4) is 11.1 Å². The smallest absolute Gasteiger partial charge is 0.415 e. The molecule has 0 spiro atoms. The van der Waals surface area contributed by atoms with Crippen molar-refractivity contribution < 1.29 is 47.7 Å². The molecule has 5 rings (SSSR count). The van der Waals surface area contributed by atoms with Gasteiger partial charge in [0.05, 0.1) is 11.5 Å². The lowest BCUT2D eigenvalue weighted by Crippen LogP contribution is -2.34. The van der Waals surface area contributed by atoms with Gasteiger partial charge in [0.1, 0.15) is 11.5 Å². The number of hydrogen-bond acceptors (Lipinski definition) is 12. The van der Waals surface area contributed by atoms with Crippen LogP contribution in [0.15, 0.2) is 85.4 Å². The molecule has 3 aromatic carbocycles. The third-order valence-corrected chi connectivity index (χ3v) is 9.20. The highest BCUT2D eigenvalue weighted by atomic mass is 16.7. The minimum absolute atomic E-state index is 0.0325. The molecule has 1 heterocycles. The van der Waals surface area contributed by atoms with Crippen LogP contribution < -0.4 is 10.6 Å². The van der Waals surface area contributed by atoms with Crippen molar-refractivity contribution in [3.05, 3.63) is 130 Å². The van der Waals surface area contributed by atoms with E-state index < -0.39 is 48.4 Å². The number of carbonyl (C=O) groups is 6. The summed E-state index contributed by atoms with van der Waals surface area (Å²) in [4.78, 5) is 82.3. The van der Waals surface area contributed by atoms with Crippen LogP contribution in [0.2, 0.25) is 0 Å². The molecule has 4 aromatic rings. The zero-order chi connectivity index (χ0) is 42.8. The molecule has 0 saturated heterocycles. The molecule has 0 aliphatic heterocycles. The van der Waals surface area contributed by atoms with Gasteiger partial charge in [0, 0.05) is 43.5 Å². The van der Waals surface area contributed by atoms with Crippen molar-refractivity contribution in [2.75, 3.05) is 6.54 Å². The standard InChI is InChI=1S/C45H46N4O10/c1-7-31-23-36(38(50)22-29-15-17-32(18-16-29)40(46)49-45(55)59-28(6)57-43(53)33-11-9-8-10-12-33)35(21-26(31)4)34-19-20-37(41(51)47-24-30-13-14-30)48-39(34)44(54)58-27(5)56-42(52)25(2)3/h7-12,15-21,23,25,27-28,30H,1,13-14,22,24H2,2-6H3,(H,47,51)(H2,46,49,55). The van der Waals surface area contributed by atoms with Gasteiger partial charge in [0.15, 0.2) is 11.5 Å². The van der Waals surface area contributed by atoms with Crippen LogP contribution in [0.3, 0.4) is 0 Å². The van der Waals surface area contributed by atoms with Gasteiger partial charge >= 0.3 is 24.0 Å². The first kappa shape index (κ1) is 43.2. The minimum atomic E-state index is -1.27. The topological polar surface area (TPSA) is 200 Å². The van der Waals surface area contributed by atoms with Crippen molar-refractivity contribution in [1.82, 2.24) is 15.6 Å². The van der Waals surface area contributed by atoms with Crippen LogP contribution in [0.4, 0.5) is 4.79 Å². The monoisotopic (exact) mass is 802 g/mol. The van der Waals surface area contributed by atoms with E-state index in [1.54, 1.807) is 86.7 Å². The second-order valence-electron chi connectivity index (χ2n) is 14.3. The van der Waals surface area contributed by atoms with Crippen molar-refractivity contribution in [3.63, 3.8) is 0 Å². The number of rotatable bonds is 16. The molecule has 1 fully saturated rings. The van der Waals surface area contributed by atoms with E-state index >= 15 is 0 Å². The van der Waals surface area contributed by atoms with E-state index in [0.29, 0.717) is 34.7 Å². The van der Waals surface area contributed by atoms with Gasteiger partial charge in [0.25, 0.3) is 5.91 Å². The molecule has 59 heavy (non-hydrogen) atoms. The van der Waals surface area contributed by atoms with E-state index in [9.17, 15) is 28.8 Å². The number of amides is 2. The lowest BCUT2D eigenvalue weighted by molar-refractivity contribution is -0.169.